The van der Waals surface area contributed by atoms with Crippen LogP contribution in [-0.2, 0) is 6.54 Å². The van der Waals surface area contributed by atoms with Crippen LogP contribution in [0.25, 0.3) is 22.4 Å². The molecule has 2 aromatic carbocycles. The number of hydrogen-bond donors (Lipinski definition) is 2. The average molecular weight is 359 g/mol. The van der Waals surface area contributed by atoms with E-state index >= 15 is 0 Å². The van der Waals surface area contributed by atoms with Gasteiger partial charge in [-0.1, -0.05) is 29.3 Å². The van der Waals surface area contributed by atoms with Crippen LogP contribution < -0.4 is 5.62 Å². The minimum Gasteiger partial charge on any atom is -0.439 e. The number of oxazole rings is 1. The number of halogens is 2. The monoisotopic (exact) mass is 358 g/mol. The molecule has 0 amide bonds. The number of nitrogens with one attached hydrogen (secondary N) is 2. The number of fused-ring (bicyclic) bond motifs is 1. The van der Waals surface area contributed by atoms with Crippen molar-refractivity contribution >= 4 is 34.2 Å². The first-order valence-electron chi connectivity index (χ1n) is 7.24. The summed E-state index contributed by atoms with van der Waals surface area (Å²) in [6.07, 6.45) is 1.67. The Morgan fingerprint density at radius 2 is 1.92 bits per heavy atom. The number of imidazole rings is 1. The third-order valence-corrected chi connectivity index (χ3v) is 4.34. The molecular formula is C17H12Cl2N4O. The lowest BCUT2D eigenvalue weighted by atomic mass is 10.2. The molecule has 0 aliphatic heterocycles. The van der Waals surface area contributed by atoms with E-state index < -0.39 is 0 Å². The first kappa shape index (κ1) is 15.1. The number of benzene rings is 2. The summed E-state index contributed by atoms with van der Waals surface area (Å²) >= 11 is 12.1. The fraction of sp³-hybridized carbons (Fsp3) is 0.0588. The molecule has 0 saturated heterocycles. The van der Waals surface area contributed by atoms with E-state index in [0.29, 0.717) is 28.2 Å². The summed E-state index contributed by atoms with van der Waals surface area (Å²) in [6, 6.07) is 12.9. The van der Waals surface area contributed by atoms with Crippen molar-refractivity contribution in [3.8, 4) is 11.3 Å². The van der Waals surface area contributed by atoms with Crippen molar-refractivity contribution in [3.05, 3.63) is 70.2 Å². The number of aromatic nitrogens is 3. The molecule has 24 heavy (non-hydrogen) atoms. The molecule has 0 radical (unpaired) electrons. The van der Waals surface area contributed by atoms with Crippen molar-refractivity contribution in [2.24, 2.45) is 0 Å². The first-order valence-corrected chi connectivity index (χ1v) is 8.00. The second-order valence-corrected chi connectivity index (χ2v) is 6.16. The Bertz CT molecular complexity index is 1080. The third kappa shape index (κ3) is 2.62. The number of H-pyrrole nitrogens is 1. The second-order valence-electron chi connectivity index (χ2n) is 5.32. The van der Waals surface area contributed by atoms with Gasteiger partial charge in [-0.05, 0) is 36.4 Å². The highest BCUT2D eigenvalue weighted by atomic mass is 35.5. The van der Waals surface area contributed by atoms with E-state index in [9.17, 15) is 0 Å². The molecule has 0 fully saturated rings. The van der Waals surface area contributed by atoms with Gasteiger partial charge in [0.1, 0.15) is 6.54 Å². The summed E-state index contributed by atoms with van der Waals surface area (Å²) in [5, 5.41) is 9.35. The molecule has 2 heterocycles. The van der Waals surface area contributed by atoms with Gasteiger partial charge in [-0.2, -0.15) is 0 Å². The molecule has 120 valence electrons. The zero-order valence-corrected chi connectivity index (χ0v) is 13.9. The summed E-state index contributed by atoms with van der Waals surface area (Å²) in [4.78, 5) is 7.28. The van der Waals surface area contributed by atoms with Crippen molar-refractivity contribution in [1.82, 2.24) is 14.5 Å². The van der Waals surface area contributed by atoms with Gasteiger partial charge >= 0.3 is 0 Å². The quantitative estimate of drug-likeness (QED) is 0.567. The van der Waals surface area contributed by atoms with Crippen molar-refractivity contribution in [2.45, 2.75) is 6.54 Å². The van der Waals surface area contributed by atoms with Crippen LogP contribution in [0.15, 0.2) is 53.1 Å². The highest BCUT2D eigenvalue weighted by molar-refractivity contribution is 6.34. The van der Waals surface area contributed by atoms with Crippen LogP contribution in [0.4, 0.5) is 0 Å². The Kier molecular flexibility index (Phi) is 3.67. The van der Waals surface area contributed by atoms with E-state index in [1.807, 2.05) is 24.3 Å². The Balaban J connectivity index is 1.70. The van der Waals surface area contributed by atoms with Gasteiger partial charge in [0.05, 0.1) is 22.3 Å². The van der Waals surface area contributed by atoms with Crippen LogP contribution in [0.5, 0.6) is 0 Å². The molecule has 0 saturated carbocycles. The predicted molar refractivity (Wildman–Crippen MR) is 93.2 cm³/mol. The second kappa shape index (κ2) is 5.85. The maximum atomic E-state index is 8.10. The number of hydrogen-bond acceptors (Lipinski definition) is 3. The van der Waals surface area contributed by atoms with Crippen LogP contribution in [0.2, 0.25) is 10.0 Å². The standard InChI is InChI=1S/C17H12Cl2N4O/c18-11-6-4-10(5-7-11)14-8-21-15(24-14)9-23-13-3-1-2-12(19)16(13)22-17(23)20/h1-8H,9H2,(H2,20,22). The van der Waals surface area contributed by atoms with Crippen LogP contribution >= 0.6 is 23.2 Å². The van der Waals surface area contributed by atoms with Crippen molar-refractivity contribution in [2.75, 3.05) is 0 Å². The van der Waals surface area contributed by atoms with E-state index in [-0.39, 0.29) is 5.62 Å². The summed E-state index contributed by atoms with van der Waals surface area (Å²) in [6.45, 7) is 0.340. The molecular weight excluding hydrogens is 347 g/mol. The fourth-order valence-corrected chi connectivity index (χ4v) is 2.94. The molecule has 7 heteroatoms. The summed E-state index contributed by atoms with van der Waals surface area (Å²) in [7, 11) is 0. The van der Waals surface area contributed by atoms with Crippen LogP contribution in [0.3, 0.4) is 0 Å². The number of para-hydroxylation sites is 1. The SMILES string of the molecule is N=c1[nH]c2c(Cl)cccc2n1Cc1ncc(-c2ccc(Cl)cc2)o1. The van der Waals surface area contributed by atoms with Gasteiger partial charge in [-0.15, -0.1) is 0 Å². The Labute approximate surface area is 147 Å². The van der Waals surface area contributed by atoms with Crippen molar-refractivity contribution < 1.29 is 4.42 Å². The van der Waals surface area contributed by atoms with Crippen LogP contribution in [0, 0.1) is 5.41 Å². The molecule has 2 aromatic heterocycles. The Hall–Kier alpha value is -2.50. The lowest BCUT2D eigenvalue weighted by Crippen LogP contribution is -2.17. The largest absolute Gasteiger partial charge is 0.439 e. The van der Waals surface area contributed by atoms with Gasteiger partial charge in [0, 0.05) is 10.6 Å². The molecule has 4 rings (SSSR count). The molecule has 2 N–H and O–H groups in total. The zero-order valence-electron chi connectivity index (χ0n) is 12.4. The highest BCUT2D eigenvalue weighted by Gasteiger charge is 2.12. The molecule has 0 aliphatic rings. The molecule has 0 atom stereocenters. The topological polar surface area (TPSA) is 70.6 Å². The number of aromatic amines is 1. The summed E-state index contributed by atoms with van der Waals surface area (Å²) in [5.74, 6) is 1.17. The van der Waals surface area contributed by atoms with Gasteiger partial charge in [0.25, 0.3) is 0 Å². The van der Waals surface area contributed by atoms with E-state index in [2.05, 4.69) is 9.97 Å². The molecule has 0 unspecified atom stereocenters. The van der Waals surface area contributed by atoms with Crippen LogP contribution in [-0.4, -0.2) is 14.5 Å². The van der Waals surface area contributed by atoms with Crippen molar-refractivity contribution in [1.29, 1.82) is 5.41 Å². The van der Waals surface area contributed by atoms with Crippen LogP contribution in [0.1, 0.15) is 5.89 Å². The maximum Gasteiger partial charge on any atom is 0.214 e. The van der Waals surface area contributed by atoms with E-state index in [1.165, 1.54) is 0 Å². The lowest BCUT2D eigenvalue weighted by molar-refractivity contribution is 0.486. The minimum atomic E-state index is 0.240. The third-order valence-electron chi connectivity index (χ3n) is 3.77. The average Bonchev–Trinajstić information content (AvgIpc) is 3.16. The molecule has 0 spiro atoms. The predicted octanol–water partition coefficient (Wildman–Crippen LogP) is 4.46. The molecule has 5 nitrogen and oxygen atoms in total. The zero-order chi connectivity index (χ0) is 16.7. The molecule has 0 bridgehead atoms. The first-order chi connectivity index (χ1) is 11.6. The van der Waals surface area contributed by atoms with Gasteiger partial charge in [-0.3, -0.25) is 5.41 Å². The summed E-state index contributed by atoms with van der Waals surface area (Å²) in [5.41, 5.74) is 2.70. The molecule has 4 aromatic rings. The summed E-state index contributed by atoms with van der Waals surface area (Å²) < 4.78 is 7.57. The van der Waals surface area contributed by atoms with Crippen molar-refractivity contribution in [3.63, 3.8) is 0 Å². The fourth-order valence-electron chi connectivity index (χ4n) is 2.60. The minimum absolute atomic E-state index is 0.240. The Morgan fingerprint density at radius 3 is 2.71 bits per heavy atom. The lowest BCUT2D eigenvalue weighted by Gasteiger charge is -2.01. The van der Waals surface area contributed by atoms with E-state index in [0.717, 1.165) is 16.6 Å². The number of rotatable bonds is 3. The van der Waals surface area contributed by atoms with E-state index in [1.54, 1.807) is 29.0 Å². The van der Waals surface area contributed by atoms with E-state index in [4.69, 9.17) is 33.0 Å². The normalized spacial score (nSPS) is 11.2. The Morgan fingerprint density at radius 1 is 1.12 bits per heavy atom. The van der Waals surface area contributed by atoms with Gasteiger partial charge < -0.3 is 14.0 Å². The van der Waals surface area contributed by atoms with Gasteiger partial charge in [-0.25, -0.2) is 4.98 Å². The maximum absolute atomic E-state index is 8.10. The molecule has 0 aliphatic carbocycles. The number of nitrogens with zero attached hydrogens (tertiary/aromatic N) is 2. The smallest absolute Gasteiger partial charge is 0.214 e. The van der Waals surface area contributed by atoms with Gasteiger partial charge in [0.15, 0.2) is 5.76 Å². The van der Waals surface area contributed by atoms with Gasteiger partial charge in [0.2, 0.25) is 11.5 Å². The highest BCUT2D eigenvalue weighted by Crippen LogP contribution is 2.24.